The summed E-state index contributed by atoms with van der Waals surface area (Å²) in [6.45, 7) is 8.75. The number of nitrogens with zero attached hydrogens (tertiary/aromatic N) is 4. The number of H-pyrrole nitrogens is 1. The Morgan fingerprint density at radius 3 is 2.85 bits per heavy atom. The molecule has 0 atom stereocenters. The van der Waals surface area contributed by atoms with Crippen molar-refractivity contribution in [3.05, 3.63) is 72.4 Å². The Bertz CT molecular complexity index is 1270. The monoisotopic (exact) mass is 446 g/mol. The number of benzene rings is 2. The van der Waals surface area contributed by atoms with Crippen LogP contribution in [0.4, 0.5) is 10.1 Å². The molecule has 0 saturated carbocycles. The Morgan fingerprint density at radius 1 is 1.21 bits per heavy atom. The predicted molar refractivity (Wildman–Crippen MR) is 128 cm³/mol. The van der Waals surface area contributed by atoms with Gasteiger partial charge in [-0.15, -0.1) is 0 Å². The van der Waals surface area contributed by atoms with Gasteiger partial charge in [0.25, 0.3) is 0 Å². The molecule has 170 valence electrons. The number of rotatable bonds is 6. The smallest absolute Gasteiger partial charge is 0.133 e. The van der Waals surface area contributed by atoms with Gasteiger partial charge < -0.3 is 10.1 Å². The lowest BCUT2D eigenvalue weighted by Gasteiger charge is -2.19. The summed E-state index contributed by atoms with van der Waals surface area (Å²) in [7, 11) is 1.81. The molecule has 1 aliphatic heterocycles. The van der Waals surface area contributed by atoms with Crippen LogP contribution in [0.15, 0.2) is 55.4 Å². The topological polar surface area (TPSA) is 71.0 Å². The van der Waals surface area contributed by atoms with Crippen molar-refractivity contribution >= 4 is 22.3 Å². The van der Waals surface area contributed by atoms with Gasteiger partial charge in [-0.3, -0.25) is 14.7 Å². The SMILES string of the molecule is C=C(Nc1ccc(CN2CCCOCC2)cc1)c1n[nH]c2cc(F)c(-c3cnn(C)c3)cc12. The zero-order valence-electron chi connectivity index (χ0n) is 18.6. The van der Waals surface area contributed by atoms with E-state index in [4.69, 9.17) is 4.74 Å². The van der Waals surface area contributed by atoms with Crippen molar-refractivity contribution in [2.45, 2.75) is 13.0 Å². The number of nitrogens with one attached hydrogen (secondary N) is 2. The van der Waals surface area contributed by atoms with Crippen molar-refractivity contribution in [2.75, 3.05) is 31.6 Å². The van der Waals surface area contributed by atoms with Crippen LogP contribution in [0.2, 0.25) is 0 Å². The van der Waals surface area contributed by atoms with Gasteiger partial charge in [0.15, 0.2) is 0 Å². The molecule has 2 N–H and O–H groups in total. The van der Waals surface area contributed by atoms with Crippen LogP contribution >= 0.6 is 0 Å². The van der Waals surface area contributed by atoms with E-state index in [9.17, 15) is 4.39 Å². The van der Waals surface area contributed by atoms with E-state index in [1.807, 2.05) is 19.2 Å². The molecule has 0 spiro atoms. The van der Waals surface area contributed by atoms with Gasteiger partial charge >= 0.3 is 0 Å². The Hall–Kier alpha value is -3.49. The van der Waals surface area contributed by atoms with Crippen molar-refractivity contribution in [2.24, 2.45) is 7.05 Å². The van der Waals surface area contributed by atoms with E-state index in [1.54, 1.807) is 23.1 Å². The summed E-state index contributed by atoms with van der Waals surface area (Å²) < 4.78 is 21.9. The molecule has 0 bridgehead atoms. The first-order valence-corrected chi connectivity index (χ1v) is 11.1. The molecule has 2 aromatic carbocycles. The number of halogens is 1. The minimum atomic E-state index is -0.323. The molecule has 2 aromatic heterocycles. The predicted octanol–water partition coefficient (Wildman–Crippen LogP) is 4.41. The summed E-state index contributed by atoms with van der Waals surface area (Å²) in [5.74, 6) is -0.323. The number of aromatic nitrogens is 4. The average molecular weight is 447 g/mol. The second-order valence-corrected chi connectivity index (χ2v) is 8.40. The molecule has 1 fully saturated rings. The third-order valence-electron chi connectivity index (χ3n) is 5.92. The van der Waals surface area contributed by atoms with Crippen molar-refractivity contribution in [1.29, 1.82) is 0 Å². The lowest BCUT2D eigenvalue weighted by Crippen LogP contribution is -2.25. The van der Waals surface area contributed by atoms with Gasteiger partial charge in [-0.1, -0.05) is 18.7 Å². The van der Waals surface area contributed by atoms with Gasteiger partial charge in [0.1, 0.15) is 11.5 Å². The summed E-state index contributed by atoms with van der Waals surface area (Å²) in [6, 6.07) is 11.6. The minimum absolute atomic E-state index is 0.323. The molecule has 3 heterocycles. The highest BCUT2D eigenvalue weighted by molar-refractivity contribution is 5.95. The van der Waals surface area contributed by atoms with Crippen LogP contribution in [-0.4, -0.2) is 51.2 Å². The summed E-state index contributed by atoms with van der Waals surface area (Å²) >= 11 is 0. The number of anilines is 1. The Balaban J connectivity index is 1.32. The van der Waals surface area contributed by atoms with Crippen molar-refractivity contribution in [1.82, 2.24) is 24.9 Å². The molecule has 0 unspecified atom stereocenters. The molecule has 0 amide bonds. The van der Waals surface area contributed by atoms with Crippen molar-refractivity contribution in [3.63, 3.8) is 0 Å². The lowest BCUT2D eigenvalue weighted by molar-refractivity contribution is 0.140. The van der Waals surface area contributed by atoms with Crippen LogP contribution in [0.25, 0.3) is 27.7 Å². The minimum Gasteiger partial charge on any atom is -0.380 e. The van der Waals surface area contributed by atoms with E-state index in [0.29, 0.717) is 28.0 Å². The standard InChI is InChI=1S/C25H27FN6O/c1-17(28-20-6-4-18(5-7-20)15-32-8-3-10-33-11-9-32)25-22-12-21(19-14-27-31(2)16-19)23(26)13-24(22)29-30-25/h4-7,12-14,16,28H,1,3,8-11,15H2,2H3,(H,29,30). The number of ether oxygens (including phenoxy) is 1. The highest BCUT2D eigenvalue weighted by Gasteiger charge is 2.15. The molecule has 1 saturated heterocycles. The quantitative estimate of drug-likeness (QED) is 0.459. The molecule has 4 aromatic rings. The molecule has 0 aliphatic carbocycles. The van der Waals surface area contributed by atoms with Crippen LogP contribution in [0, 0.1) is 5.82 Å². The largest absolute Gasteiger partial charge is 0.380 e. The first-order chi connectivity index (χ1) is 16.1. The van der Waals surface area contributed by atoms with E-state index < -0.39 is 0 Å². The van der Waals surface area contributed by atoms with Crippen LogP contribution in [0.1, 0.15) is 17.7 Å². The maximum Gasteiger partial charge on any atom is 0.133 e. The van der Waals surface area contributed by atoms with E-state index >= 15 is 0 Å². The van der Waals surface area contributed by atoms with E-state index in [-0.39, 0.29) is 5.82 Å². The van der Waals surface area contributed by atoms with Crippen LogP contribution < -0.4 is 5.32 Å². The molecule has 33 heavy (non-hydrogen) atoms. The number of fused-ring (bicyclic) bond motifs is 1. The van der Waals surface area contributed by atoms with Crippen molar-refractivity contribution < 1.29 is 9.13 Å². The first kappa shape index (κ1) is 21.4. The van der Waals surface area contributed by atoms with Gasteiger partial charge in [0.05, 0.1) is 24.0 Å². The molecule has 5 rings (SSSR count). The maximum atomic E-state index is 14.7. The average Bonchev–Trinajstić information content (AvgIpc) is 3.33. The molecular weight excluding hydrogens is 419 g/mol. The van der Waals surface area contributed by atoms with Crippen molar-refractivity contribution in [3.8, 4) is 11.1 Å². The number of hydrogen-bond acceptors (Lipinski definition) is 5. The fourth-order valence-electron chi connectivity index (χ4n) is 4.19. The summed E-state index contributed by atoms with van der Waals surface area (Å²) in [5.41, 5.74) is 5.30. The third-order valence-corrected chi connectivity index (χ3v) is 5.92. The van der Waals surface area contributed by atoms with E-state index in [2.05, 4.69) is 44.2 Å². The van der Waals surface area contributed by atoms with Gasteiger partial charge in [-0.25, -0.2) is 4.39 Å². The number of aryl methyl sites for hydroxylation is 1. The van der Waals surface area contributed by atoms with Gasteiger partial charge in [-0.05, 0) is 30.2 Å². The Morgan fingerprint density at radius 2 is 2.06 bits per heavy atom. The summed E-state index contributed by atoms with van der Waals surface area (Å²) in [6.07, 6.45) is 4.51. The highest BCUT2D eigenvalue weighted by atomic mass is 19.1. The zero-order chi connectivity index (χ0) is 22.8. The molecular formula is C25H27FN6O. The van der Waals surface area contributed by atoms with E-state index in [1.165, 1.54) is 11.6 Å². The Labute approximate surface area is 191 Å². The third kappa shape index (κ3) is 4.67. The van der Waals surface area contributed by atoms with Crippen LogP contribution in [0.3, 0.4) is 0 Å². The van der Waals surface area contributed by atoms with Gasteiger partial charge in [0.2, 0.25) is 0 Å². The first-order valence-electron chi connectivity index (χ1n) is 11.1. The van der Waals surface area contributed by atoms with Crippen LogP contribution in [0.5, 0.6) is 0 Å². The second-order valence-electron chi connectivity index (χ2n) is 8.40. The fourth-order valence-corrected chi connectivity index (χ4v) is 4.19. The molecule has 0 radical (unpaired) electrons. The molecule has 7 nitrogen and oxygen atoms in total. The number of aromatic amines is 1. The maximum absolute atomic E-state index is 14.7. The van der Waals surface area contributed by atoms with Gasteiger partial charge in [0, 0.05) is 67.8 Å². The Kier molecular flexibility index (Phi) is 5.93. The normalized spacial score (nSPS) is 15.0. The molecule has 1 aliphatic rings. The highest BCUT2D eigenvalue weighted by Crippen LogP contribution is 2.30. The van der Waals surface area contributed by atoms with Gasteiger partial charge in [-0.2, -0.15) is 10.2 Å². The summed E-state index contributed by atoms with van der Waals surface area (Å²) in [4.78, 5) is 2.42. The second kappa shape index (κ2) is 9.17. The zero-order valence-corrected chi connectivity index (χ0v) is 18.6. The number of hydrogen-bond donors (Lipinski definition) is 2. The summed E-state index contributed by atoms with van der Waals surface area (Å²) in [5, 5.41) is 15.6. The van der Waals surface area contributed by atoms with E-state index in [0.717, 1.165) is 50.3 Å². The lowest BCUT2D eigenvalue weighted by atomic mass is 10.0. The fraction of sp³-hybridized carbons (Fsp3) is 0.280. The van der Waals surface area contributed by atoms with Crippen LogP contribution in [-0.2, 0) is 18.3 Å². The molecule has 8 heteroatoms.